The van der Waals surface area contributed by atoms with Gasteiger partial charge in [0.1, 0.15) is 0 Å². The summed E-state index contributed by atoms with van der Waals surface area (Å²) in [6, 6.07) is 7.57. The lowest BCUT2D eigenvalue weighted by Gasteiger charge is -2.16. The molecule has 1 aliphatic heterocycles. The van der Waals surface area contributed by atoms with Gasteiger partial charge >= 0.3 is 5.97 Å². The predicted molar refractivity (Wildman–Crippen MR) is 68.7 cm³/mol. The molecule has 0 aliphatic carbocycles. The maximum Gasteiger partial charge on any atom is 0.306 e. The third-order valence-corrected chi connectivity index (χ3v) is 3.10. The highest BCUT2D eigenvalue weighted by atomic mass is 19.3. The molecule has 1 aromatic rings. The summed E-state index contributed by atoms with van der Waals surface area (Å²) in [6.07, 6.45) is -2.10. The number of fused-ring (bicyclic) bond motifs is 1. The lowest BCUT2D eigenvalue weighted by molar-refractivity contribution is -0.148. The highest BCUT2D eigenvalue weighted by Crippen LogP contribution is 2.28. The second-order valence-corrected chi connectivity index (χ2v) is 4.50. The molecular weight excluding hydrogens is 268 g/mol. The Bertz CT molecular complexity index is 505. The number of carbonyl (C=O) groups is 2. The second-order valence-electron chi connectivity index (χ2n) is 4.50. The van der Waals surface area contributed by atoms with E-state index in [1.807, 2.05) is 24.3 Å². The smallest absolute Gasteiger partial charge is 0.306 e. The number of hydrogen-bond acceptors (Lipinski definition) is 3. The van der Waals surface area contributed by atoms with Crippen molar-refractivity contribution in [2.45, 2.75) is 25.7 Å². The van der Waals surface area contributed by atoms with E-state index in [1.54, 1.807) is 4.90 Å². The Morgan fingerprint density at radius 2 is 2.00 bits per heavy atom. The third kappa shape index (κ3) is 3.53. The Morgan fingerprint density at radius 3 is 2.75 bits per heavy atom. The minimum atomic E-state index is -2.68. The van der Waals surface area contributed by atoms with Crippen molar-refractivity contribution in [3.8, 4) is 0 Å². The van der Waals surface area contributed by atoms with Crippen LogP contribution in [0, 0.1) is 0 Å². The summed E-state index contributed by atoms with van der Waals surface area (Å²) in [7, 11) is 0. The van der Waals surface area contributed by atoms with Gasteiger partial charge in [-0.3, -0.25) is 9.59 Å². The molecule has 0 saturated heterocycles. The molecule has 6 heteroatoms. The Hall–Kier alpha value is -1.98. The monoisotopic (exact) mass is 283 g/mol. The molecule has 1 amide bonds. The predicted octanol–water partition coefficient (Wildman–Crippen LogP) is 2.16. The van der Waals surface area contributed by atoms with Crippen molar-refractivity contribution in [3.63, 3.8) is 0 Å². The molecule has 2 rings (SSSR count). The van der Waals surface area contributed by atoms with Crippen LogP contribution in [0.15, 0.2) is 24.3 Å². The van der Waals surface area contributed by atoms with Gasteiger partial charge in [-0.1, -0.05) is 18.2 Å². The van der Waals surface area contributed by atoms with Crippen molar-refractivity contribution in [2.24, 2.45) is 0 Å². The van der Waals surface area contributed by atoms with Crippen molar-refractivity contribution >= 4 is 17.6 Å². The van der Waals surface area contributed by atoms with Crippen molar-refractivity contribution in [1.82, 2.24) is 0 Å². The molecule has 0 bridgehead atoms. The van der Waals surface area contributed by atoms with Crippen LogP contribution >= 0.6 is 0 Å². The quantitative estimate of drug-likeness (QED) is 0.778. The maximum absolute atomic E-state index is 12.0. The maximum atomic E-state index is 12.0. The minimum absolute atomic E-state index is 0.0313. The average Bonchev–Trinajstić information content (AvgIpc) is 2.86. The first-order chi connectivity index (χ1) is 9.58. The number of benzene rings is 1. The summed E-state index contributed by atoms with van der Waals surface area (Å²) in [6.45, 7) is -0.330. The highest BCUT2D eigenvalue weighted by molar-refractivity contribution is 5.96. The van der Waals surface area contributed by atoms with E-state index < -0.39 is 19.0 Å². The molecule has 0 spiro atoms. The van der Waals surface area contributed by atoms with Gasteiger partial charge in [0, 0.05) is 18.7 Å². The van der Waals surface area contributed by atoms with Crippen LogP contribution < -0.4 is 4.90 Å². The van der Waals surface area contributed by atoms with E-state index in [0.717, 1.165) is 17.7 Å². The highest BCUT2D eigenvalue weighted by Gasteiger charge is 2.24. The van der Waals surface area contributed by atoms with Crippen LogP contribution in [-0.2, 0) is 20.7 Å². The van der Waals surface area contributed by atoms with Gasteiger partial charge in [-0.25, -0.2) is 8.78 Å². The molecule has 1 aliphatic rings. The first-order valence-electron chi connectivity index (χ1n) is 6.40. The first kappa shape index (κ1) is 14.4. The van der Waals surface area contributed by atoms with Crippen LogP contribution in [0.1, 0.15) is 18.4 Å². The molecule has 0 unspecified atom stereocenters. The number of para-hydroxylation sites is 1. The number of carbonyl (C=O) groups excluding carboxylic acids is 2. The van der Waals surface area contributed by atoms with Gasteiger partial charge in [0.05, 0.1) is 6.42 Å². The van der Waals surface area contributed by atoms with Gasteiger partial charge in [0.15, 0.2) is 6.61 Å². The SMILES string of the molecule is O=C(CCC(=O)N1CCc2ccccc21)OCC(F)F. The number of esters is 1. The van der Waals surface area contributed by atoms with Crippen LogP contribution in [0.4, 0.5) is 14.5 Å². The van der Waals surface area contributed by atoms with Gasteiger partial charge < -0.3 is 9.64 Å². The number of amides is 1. The molecule has 4 nitrogen and oxygen atoms in total. The zero-order chi connectivity index (χ0) is 14.5. The van der Waals surface area contributed by atoms with Gasteiger partial charge in [-0.15, -0.1) is 0 Å². The van der Waals surface area contributed by atoms with Crippen LogP contribution in [0.3, 0.4) is 0 Å². The lowest BCUT2D eigenvalue weighted by atomic mass is 10.2. The molecule has 0 atom stereocenters. The molecule has 0 fully saturated rings. The van der Waals surface area contributed by atoms with E-state index in [1.165, 1.54) is 0 Å². The molecule has 0 N–H and O–H groups in total. The number of ether oxygens (including phenoxy) is 1. The van der Waals surface area contributed by atoms with Gasteiger partial charge in [-0.05, 0) is 18.1 Å². The van der Waals surface area contributed by atoms with Gasteiger partial charge in [0.25, 0.3) is 6.43 Å². The van der Waals surface area contributed by atoms with E-state index in [0.29, 0.717) is 6.54 Å². The number of hydrogen-bond donors (Lipinski definition) is 0. The summed E-state index contributed by atoms with van der Waals surface area (Å²) >= 11 is 0. The zero-order valence-corrected chi connectivity index (χ0v) is 10.9. The molecule has 0 aromatic heterocycles. The molecule has 1 aromatic carbocycles. The van der Waals surface area contributed by atoms with Crippen molar-refractivity contribution in [3.05, 3.63) is 29.8 Å². The van der Waals surface area contributed by atoms with Gasteiger partial charge in [-0.2, -0.15) is 0 Å². The summed E-state index contributed by atoms with van der Waals surface area (Å²) in [5, 5.41) is 0. The summed E-state index contributed by atoms with van der Waals surface area (Å²) in [5.74, 6) is -0.963. The Morgan fingerprint density at radius 1 is 1.25 bits per heavy atom. The molecule has 1 heterocycles. The average molecular weight is 283 g/mol. The molecular formula is C14H15F2NO3. The number of rotatable bonds is 5. The fraction of sp³-hybridized carbons (Fsp3) is 0.429. The molecule has 108 valence electrons. The fourth-order valence-electron chi connectivity index (χ4n) is 2.17. The Balaban J connectivity index is 1.83. The first-order valence-corrected chi connectivity index (χ1v) is 6.40. The van der Waals surface area contributed by atoms with Gasteiger partial charge in [0.2, 0.25) is 5.91 Å². The Labute approximate surface area is 115 Å². The number of alkyl halides is 2. The van der Waals surface area contributed by atoms with Crippen LogP contribution in [0.25, 0.3) is 0 Å². The number of nitrogens with zero attached hydrogens (tertiary/aromatic N) is 1. The fourth-order valence-corrected chi connectivity index (χ4v) is 2.17. The number of halogens is 2. The van der Waals surface area contributed by atoms with E-state index >= 15 is 0 Å². The standard InChI is InChI=1S/C14H15F2NO3/c15-12(16)9-20-14(19)6-5-13(18)17-8-7-10-3-1-2-4-11(10)17/h1-4,12H,5-9H2. The zero-order valence-electron chi connectivity index (χ0n) is 10.9. The largest absolute Gasteiger partial charge is 0.460 e. The van der Waals surface area contributed by atoms with E-state index in [2.05, 4.69) is 4.74 Å². The molecule has 0 saturated carbocycles. The second kappa shape index (κ2) is 6.45. The third-order valence-electron chi connectivity index (χ3n) is 3.10. The summed E-state index contributed by atoms with van der Waals surface area (Å²) in [4.78, 5) is 24.8. The normalized spacial score (nSPS) is 13.4. The Kier molecular flexibility index (Phi) is 4.65. The molecule has 0 radical (unpaired) electrons. The van der Waals surface area contributed by atoms with Crippen molar-refractivity contribution in [1.29, 1.82) is 0 Å². The van der Waals surface area contributed by atoms with Crippen molar-refractivity contribution in [2.75, 3.05) is 18.1 Å². The van der Waals surface area contributed by atoms with E-state index in [9.17, 15) is 18.4 Å². The molecule has 20 heavy (non-hydrogen) atoms. The lowest BCUT2D eigenvalue weighted by Crippen LogP contribution is -2.29. The summed E-state index contributed by atoms with van der Waals surface area (Å²) < 4.78 is 28.0. The van der Waals surface area contributed by atoms with Crippen LogP contribution in [-0.4, -0.2) is 31.5 Å². The van der Waals surface area contributed by atoms with E-state index in [4.69, 9.17) is 0 Å². The van der Waals surface area contributed by atoms with E-state index in [-0.39, 0.29) is 18.7 Å². The van der Waals surface area contributed by atoms with Crippen molar-refractivity contribution < 1.29 is 23.1 Å². The van der Waals surface area contributed by atoms with Crippen LogP contribution in [0.5, 0.6) is 0 Å². The minimum Gasteiger partial charge on any atom is -0.460 e. The summed E-state index contributed by atoms with van der Waals surface area (Å²) in [5.41, 5.74) is 1.96. The number of anilines is 1. The topological polar surface area (TPSA) is 46.6 Å². The van der Waals surface area contributed by atoms with Crippen LogP contribution in [0.2, 0.25) is 0 Å².